The van der Waals surface area contributed by atoms with Crippen LogP contribution in [0.5, 0.6) is 0 Å². The van der Waals surface area contributed by atoms with Gasteiger partial charge in [-0.15, -0.1) is 10.2 Å². The van der Waals surface area contributed by atoms with Crippen LogP contribution in [-0.4, -0.2) is 10.2 Å². The van der Waals surface area contributed by atoms with Crippen molar-refractivity contribution in [3.05, 3.63) is 82.5 Å². The van der Waals surface area contributed by atoms with Gasteiger partial charge in [0.1, 0.15) is 0 Å². The molecule has 0 amide bonds. The quantitative estimate of drug-likeness (QED) is 0.729. The number of aromatic nitrogens is 2. The Labute approximate surface area is 115 Å². The van der Waals surface area contributed by atoms with Crippen LogP contribution in [0.2, 0.25) is 0 Å². The predicted molar refractivity (Wildman–Crippen MR) is 75.3 cm³/mol. The van der Waals surface area contributed by atoms with Crippen molar-refractivity contribution < 1.29 is 4.42 Å². The normalized spacial score (nSPS) is 10.4. The fraction of sp³-hybridized carbons (Fsp3) is 0.0625. The van der Waals surface area contributed by atoms with Crippen LogP contribution in [0.3, 0.4) is 0 Å². The summed E-state index contributed by atoms with van der Waals surface area (Å²) in [5.41, 5.74) is 1.51. The van der Waals surface area contributed by atoms with Gasteiger partial charge >= 0.3 is 5.63 Å². The smallest absolute Gasteiger partial charge is 0.366 e. The highest BCUT2D eigenvalue weighted by molar-refractivity contribution is 5.56. The Morgan fingerprint density at radius 2 is 1.50 bits per heavy atom. The molecule has 2 aromatic carbocycles. The fourth-order valence-corrected chi connectivity index (χ4v) is 1.94. The summed E-state index contributed by atoms with van der Waals surface area (Å²) >= 11 is 0. The first-order chi connectivity index (χ1) is 9.83. The van der Waals surface area contributed by atoms with E-state index in [4.69, 9.17) is 4.42 Å². The zero-order valence-corrected chi connectivity index (χ0v) is 10.7. The topological polar surface area (TPSA) is 56.0 Å². The molecule has 0 fully saturated rings. The number of nitrogens with zero attached hydrogens (tertiary/aromatic N) is 2. The van der Waals surface area contributed by atoms with E-state index in [9.17, 15) is 4.79 Å². The van der Waals surface area contributed by atoms with Gasteiger partial charge in [-0.1, -0.05) is 60.7 Å². The molecule has 0 N–H and O–H groups in total. The van der Waals surface area contributed by atoms with Crippen LogP contribution in [0.1, 0.15) is 11.5 Å². The molecule has 98 valence electrons. The van der Waals surface area contributed by atoms with E-state index < -0.39 is 5.63 Å². The lowest BCUT2D eigenvalue weighted by atomic mass is 10.1. The van der Waals surface area contributed by atoms with Gasteiger partial charge in [0.15, 0.2) is 5.69 Å². The van der Waals surface area contributed by atoms with Crippen LogP contribution in [0.4, 0.5) is 0 Å². The molecule has 0 bridgehead atoms. The molecule has 0 aliphatic rings. The summed E-state index contributed by atoms with van der Waals surface area (Å²) < 4.78 is 5.24. The minimum absolute atomic E-state index is 0.238. The summed E-state index contributed by atoms with van der Waals surface area (Å²) in [6.07, 6.45) is 0.456. The molecular formula is C16H12N2O2. The predicted octanol–water partition coefficient (Wildman–Crippen LogP) is 2.69. The van der Waals surface area contributed by atoms with Crippen LogP contribution < -0.4 is 5.63 Å². The van der Waals surface area contributed by atoms with Gasteiger partial charge in [-0.25, -0.2) is 4.79 Å². The van der Waals surface area contributed by atoms with Crippen molar-refractivity contribution in [3.8, 4) is 11.3 Å². The summed E-state index contributed by atoms with van der Waals surface area (Å²) in [6, 6.07) is 18.9. The van der Waals surface area contributed by atoms with Crippen LogP contribution in [0, 0.1) is 0 Å². The second-order valence-corrected chi connectivity index (χ2v) is 4.36. The van der Waals surface area contributed by atoms with Crippen molar-refractivity contribution in [3.63, 3.8) is 0 Å². The highest BCUT2D eigenvalue weighted by atomic mass is 16.4. The van der Waals surface area contributed by atoms with Crippen LogP contribution in [0.15, 0.2) is 69.9 Å². The van der Waals surface area contributed by atoms with Crippen molar-refractivity contribution >= 4 is 0 Å². The van der Waals surface area contributed by atoms with Crippen LogP contribution >= 0.6 is 0 Å². The number of rotatable bonds is 3. The van der Waals surface area contributed by atoms with Crippen molar-refractivity contribution in [1.82, 2.24) is 10.2 Å². The Morgan fingerprint density at radius 3 is 2.15 bits per heavy atom. The van der Waals surface area contributed by atoms with Gasteiger partial charge < -0.3 is 4.42 Å². The lowest BCUT2D eigenvalue weighted by Gasteiger charge is -2.01. The molecule has 3 aromatic rings. The molecule has 0 radical (unpaired) electrons. The monoisotopic (exact) mass is 264 g/mol. The van der Waals surface area contributed by atoms with Crippen molar-refractivity contribution in [1.29, 1.82) is 0 Å². The van der Waals surface area contributed by atoms with Crippen LogP contribution in [0.25, 0.3) is 11.3 Å². The van der Waals surface area contributed by atoms with E-state index in [1.807, 2.05) is 48.5 Å². The molecule has 0 unspecified atom stereocenters. The van der Waals surface area contributed by atoms with Crippen molar-refractivity contribution in [2.75, 3.05) is 0 Å². The summed E-state index contributed by atoms with van der Waals surface area (Å²) in [5.74, 6) is 0.320. The minimum atomic E-state index is -0.461. The van der Waals surface area contributed by atoms with Gasteiger partial charge in [0.05, 0.1) is 6.42 Å². The molecule has 3 rings (SSSR count). The Bertz CT molecular complexity index is 752. The van der Waals surface area contributed by atoms with E-state index in [1.54, 1.807) is 12.1 Å². The van der Waals surface area contributed by atoms with E-state index in [0.717, 1.165) is 5.56 Å². The lowest BCUT2D eigenvalue weighted by molar-refractivity contribution is 0.431. The second kappa shape index (κ2) is 5.48. The van der Waals surface area contributed by atoms with Gasteiger partial charge in [0.25, 0.3) is 0 Å². The molecule has 0 aliphatic heterocycles. The maximum absolute atomic E-state index is 12.0. The largest absolute Gasteiger partial charge is 0.405 e. The third-order valence-corrected chi connectivity index (χ3v) is 2.91. The first-order valence-corrected chi connectivity index (χ1v) is 6.29. The Kier molecular flexibility index (Phi) is 3.37. The van der Waals surface area contributed by atoms with Gasteiger partial charge in [0.2, 0.25) is 5.89 Å². The summed E-state index contributed by atoms with van der Waals surface area (Å²) in [7, 11) is 0. The molecule has 0 saturated carbocycles. The summed E-state index contributed by atoms with van der Waals surface area (Å²) in [4.78, 5) is 12.0. The van der Waals surface area contributed by atoms with E-state index >= 15 is 0 Å². The third kappa shape index (κ3) is 2.64. The standard InChI is InChI=1S/C16H12N2O2/c19-16-15(13-9-5-2-6-10-13)18-17-14(20-16)11-12-7-3-1-4-8-12/h1-10H,11H2. The maximum atomic E-state index is 12.0. The third-order valence-electron chi connectivity index (χ3n) is 2.91. The van der Waals surface area contributed by atoms with Gasteiger partial charge in [-0.3, -0.25) is 0 Å². The van der Waals surface area contributed by atoms with Crippen molar-refractivity contribution in [2.45, 2.75) is 6.42 Å². The summed E-state index contributed by atoms with van der Waals surface area (Å²) in [6.45, 7) is 0. The van der Waals surface area contributed by atoms with E-state index in [2.05, 4.69) is 10.2 Å². The minimum Gasteiger partial charge on any atom is -0.405 e. The average Bonchev–Trinajstić information content (AvgIpc) is 2.49. The molecule has 0 atom stereocenters. The second-order valence-electron chi connectivity index (χ2n) is 4.36. The van der Waals surface area contributed by atoms with Crippen molar-refractivity contribution in [2.24, 2.45) is 0 Å². The SMILES string of the molecule is O=c1oc(Cc2ccccc2)nnc1-c1ccccc1. The molecule has 0 aliphatic carbocycles. The zero-order chi connectivity index (χ0) is 13.8. The number of benzene rings is 2. The average molecular weight is 264 g/mol. The molecule has 0 spiro atoms. The van der Waals surface area contributed by atoms with Gasteiger partial charge in [0, 0.05) is 5.56 Å². The van der Waals surface area contributed by atoms with E-state index in [-0.39, 0.29) is 5.69 Å². The highest BCUT2D eigenvalue weighted by Gasteiger charge is 2.09. The number of hydrogen-bond acceptors (Lipinski definition) is 4. The molecule has 1 aromatic heterocycles. The van der Waals surface area contributed by atoms with Gasteiger partial charge in [-0.2, -0.15) is 0 Å². The van der Waals surface area contributed by atoms with Gasteiger partial charge in [-0.05, 0) is 5.56 Å². The molecule has 20 heavy (non-hydrogen) atoms. The Hall–Kier alpha value is -2.75. The lowest BCUT2D eigenvalue weighted by Crippen LogP contribution is -2.10. The Morgan fingerprint density at radius 1 is 0.850 bits per heavy atom. The first-order valence-electron chi connectivity index (χ1n) is 6.29. The maximum Gasteiger partial charge on any atom is 0.366 e. The van der Waals surface area contributed by atoms with E-state index in [1.165, 1.54) is 0 Å². The summed E-state index contributed by atoms with van der Waals surface area (Å²) in [5, 5.41) is 7.98. The molecule has 1 heterocycles. The molecule has 4 nitrogen and oxygen atoms in total. The molecule has 0 saturated heterocycles. The number of hydrogen-bond donors (Lipinski definition) is 0. The molecule has 4 heteroatoms. The molecular weight excluding hydrogens is 252 g/mol. The fourth-order valence-electron chi connectivity index (χ4n) is 1.94. The zero-order valence-electron chi connectivity index (χ0n) is 10.7. The Balaban J connectivity index is 1.91. The first kappa shape index (κ1) is 12.3. The van der Waals surface area contributed by atoms with E-state index in [0.29, 0.717) is 17.9 Å². The van der Waals surface area contributed by atoms with Crippen LogP contribution in [-0.2, 0) is 6.42 Å². The highest BCUT2D eigenvalue weighted by Crippen LogP contribution is 2.12.